The third-order valence-corrected chi connectivity index (χ3v) is 8.96. The zero-order chi connectivity index (χ0) is 40.2. The number of carbonyl (C=O) groups is 4. The van der Waals surface area contributed by atoms with Crippen LogP contribution in [0.3, 0.4) is 0 Å². The van der Waals surface area contributed by atoms with Gasteiger partial charge in [0.15, 0.2) is 6.29 Å². The molecule has 17 atom stereocenters. The van der Waals surface area contributed by atoms with Gasteiger partial charge in [-0.05, 0) is 0 Å². The van der Waals surface area contributed by atoms with E-state index >= 15 is 0 Å². The van der Waals surface area contributed by atoms with Gasteiger partial charge in [-0.1, -0.05) is 0 Å². The summed E-state index contributed by atoms with van der Waals surface area (Å²) in [5.74, 6) is -12.7. The average molecular weight is 779 g/mol. The maximum atomic E-state index is 13.0. The first kappa shape index (κ1) is 44.6. The number of carbonyl (C=O) groups excluding carboxylic acids is 2. The largest absolute Gasteiger partial charge is 0.477 e. The van der Waals surface area contributed by atoms with Gasteiger partial charge in [0.05, 0.1) is 44.1 Å². The molecule has 2 amide bonds. The lowest BCUT2D eigenvalue weighted by atomic mass is 9.86. The summed E-state index contributed by atoms with van der Waals surface area (Å²) >= 11 is 0. The molecule has 0 aromatic carbocycles. The van der Waals surface area contributed by atoms with Crippen LogP contribution in [0.2, 0.25) is 0 Å². The van der Waals surface area contributed by atoms with Crippen molar-refractivity contribution in [3.8, 4) is 0 Å². The van der Waals surface area contributed by atoms with Crippen LogP contribution in [0.4, 0.5) is 0 Å². The smallest absolute Gasteiger partial charge is 0.364 e. The maximum Gasteiger partial charge on any atom is 0.364 e. The Morgan fingerprint density at radius 2 is 1.28 bits per heavy atom. The van der Waals surface area contributed by atoms with Gasteiger partial charge in [-0.15, -0.1) is 0 Å². The van der Waals surface area contributed by atoms with E-state index in [0.717, 1.165) is 6.92 Å². The Morgan fingerprint density at radius 3 is 1.77 bits per heavy atom. The van der Waals surface area contributed by atoms with Crippen molar-refractivity contribution >= 4 is 23.8 Å². The summed E-state index contributed by atoms with van der Waals surface area (Å²) in [5, 5.41) is 147. The van der Waals surface area contributed by atoms with Gasteiger partial charge >= 0.3 is 11.9 Å². The number of carboxylic acids is 2. The van der Waals surface area contributed by atoms with E-state index in [9.17, 15) is 90.7 Å². The van der Waals surface area contributed by atoms with Crippen molar-refractivity contribution in [3.63, 3.8) is 0 Å². The molecule has 53 heavy (non-hydrogen) atoms. The molecule has 0 unspecified atom stereocenters. The van der Waals surface area contributed by atoms with Crippen molar-refractivity contribution in [2.45, 2.75) is 123 Å². The van der Waals surface area contributed by atoms with Crippen LogP contribution in [0.1, 0.15) is 19.8 Å². The fourth-order valence-corrected chi connectivity index (χ4v) is 6.15. The Kier molecular flexibility index (Phi) is 15.3. The number of aliphatic hydroxyl groups is 12. The lowest BCUT2D eigenvalue weighted by Gasteiger charge is -2.52. The van der Waals surface area contributed by atoms with E-state index in [2.05, 4.69) is 10.6 Å². The second-order valence-electron chi connectivity index (χ2n) is 12.7. The van der Waals surface area contributed by atoms with Gasteiger partial charge in [-0.2, -0.15) is 0 Å². The van der Waals surface area contributed by atoms with Gasteiger partial charge < -0.3 is 106 Å². The molecule has 0 bridgehead atoms. The number of aliphatic hydroxyl groups excluding tert-OH is 12. The zero-order valence-corrected chi connectivity index (χ0v) is 27.8. The predicted molar refractivity (Wildman–Crippen MR) is 160 cm³/mol. The predicted octanol–water partition coefficient (Wildman–Crippen LogP) is -9.90. The molecule has 0 radical (unpaired) electrons. The van der Waals surface area contributed by atoms with Crippen LogP contribution in [0, 0.1) is 0 Å². The van der Waals surface area contributed by atoms with Crippen LogP contribution in [0.5, 0.6) is 0 Å². The minimum Gasteiger partial charge on any atom is -0.477 e. The fraction of sp³-hybridized carbons (Fsp3) is 0.857. The van der Waals surface area contributed by atoms with E-state index in [1.807, 2.05) is 0 Å². The first-order chi connectivity index (χ1) is 24.7. The van der Waals surface area contributed by atoms with Crippen molar-refractivity contribution in [2.75, 3.05) is 26.4 Å². The molecule has 3 aliphatic heterocycles. The monoisotopic (exact) mass is 778 g/mol. The highest BCUT2D eigenvalue weighted by molar-refractivity contribution is 5.79. The molecule has 3 fully saturated rings. The number of nitrogens with one attached hydrogen (secondary N) is 2. The molecule has 0 aromatic heterocycles. The lowest BCUT2D eigenvalue weighted by Crippen LogP contribution is -2.72. The molecule has 25 nitrogen and oxygen atoms in total. The summed E-state index contributed by atoms with van der Waals surface area (Å²) in [6.07, 6.45) is -29.9. The normalized spacial score (nSPS) is 40.0. The van der Waals surface area contributed by atoms with Crippen LogP contribution in [0.25, 0.3) is 0 Å². The number of rotatable bonds is 16. The molecule has 16 N–H and O–H groups in total. The summed E-state index contributed by atoms with van der Waals surface area (Å²) in [7, 11) is 0. The molecule has 0 aromatic rings. The number of hydrogen-bond donors (Lipinski definition) is 16. The number of aliphatic carboxylic acids is 2. The summed E-state index contributed by atoms with van der Waals surface area (Å²) in [6, 6.07) is -3.70. The third kappa shape index (κ3) is 9.72. The third-order valence-electron chi connectivity index (χ3n) is 8.96. The van der Waals surface area contributed by atoms with Gasteiger partial charge in [0, 0.05) is 19.8 Å². The van der Waals surface area contributed by atoms with Gasteiger partial charge in [0.25, 0.3) is 11.6 Å². The van der Waals surface area contributed by atoms with E-state index < -0.39 is 166 Å². The number of hydrogen-bond acceptors (Lipinski definition) is 21. The summed E-state index contributed by atoms with van der Waals surface area (Å²) in [5.41, 5.74) is 0. The van der Waals surface area contributed by atoms with Crippen LogP contribution >= 0.6 is 0 Å². The van der Waals surface area contributed by atoms with E-state index in [1.54, 1.807) is 0 Å². The first-order valence-corrected chi connectivity index (χ1v) is 16.0. The topological polar surface area (TPSA) is 422 Å². The average Bonchev–Trinajstić information content (AvgIpc) is 3.11. The Labute approximate surface area is 298 Å². The molecule has 25 heteroatoms. The van der Waals surface area contributed by atoms with Crippen molar-refractivity contribution in [2.24, 2.45) is 0 Å². The van der Waals surface area contributed by atoms with Crippen LogP contribution in [0.15, 0.2) is 0 Å². The molecular formula is C28H46N2O23. The van der Waals surface area contributed by atoms with Crippen LogP contribution in [-0.2, 0) is 42.9 Å². The highest BCUT2D eigenvalue weighted by Crippen LogP contribution is 2.41. The van der Waals surface area contributed by atoms with Crippen molar-refractivity contribution in [3.05, 3.63) is 0 Å². The molecule has 0 aliphatic carbocycles. The Hall–Kier alpha value is -2.80. The molecule has 3 saturated heterocycles. The standard InChI is InChI=1S/C28H46N2O23/c1-8(34)29-16-12(51-28(26(47)48)2-9(35)15(30-14(38)6-33)22(53-28)17(39)10(36)4-31)3-27(25(45)46,52-23(16)18(40)11(37)5-32)49-7-13-19(41)20(42)21(43)24(44)50-13/h9-13,15-24,31-33,35-37,39-44H,2-7H2,1H3,(H,29,34)(H,30,38)(H,45,46)(H,47,48)/t9-,10+,11+,12-,13+,15+,16+,17+,18+,19+,20-,21+,22+,23+,24+,27+,28+/m0/s1. The highest BCUT2D eigenvalue weighted by atomic mass is 16.8. The Balaban J connectivity index is 2.15. The number of amides is 2. The van der Waals surface area contributed by atoms with Crippen LogP contribution < -0.4 is 10.6 Å². The minimum atomic E-state index is -3.23. The lowest BCUT2D eigenvalue weighted by molar-refractivity contribution is -0.364. The summed E-state index contributed by atoms with van der Waals surface area (Å²) < 4.78 is 27.4. The van der Waals surface area contributed by atoms with Gasteiger partial charge in [-0.25, -0.2) is 9.59 Å². The Bertz CT molecular complexity index is 1280. The highest BCUT2D eigenvalue weighted by Gasteiger charge is 2.62. The number of carboxylic acid groups (broad SMARTS) is 2. The molecule has 306 valence electrons. The summed E-state index contributed by atoms with van der Waals surface area (Å²) in [4.78, 5) is 50.3. The quantitative estimate of drug-likeness (QED) is 0.0691. The minimum absolute atomic E-state index is 0.913. The van der Waals surface area contributed by atoms with E-state index in [0.29, 0.717) is 0 Å². The van der Waals surface area contributed by atoms with Crippen LogP contribution in [-0.4, -0.2) is 225 Å². The molecule has 0 saturated carbocycles. The van der Waals surface area contributed by atoms with E-state index in [4.69, 9.17) is 23.7 Å². The van der Waals surface area contributed by atoms with Gasteiger partial charge in [0.2, 0.25) is 11.8 Å². The summed E-state index contributed by atoms with van der Waals surface area (Å²) in [6.45, 7) is -3.71. The van der Waals surface area contributed by atoms with Crippen molar-refractivity contribution < 1.29 is 114 Å². The van der Waals surface area contributed by atoms with E-state index in [1.165, 1.54) is 0 Å². The molecule has 0 spiro atoms. The zero-order valence-electron chi connectivity index (χ0n) is 27.8. The van der Waals surface area contributed by atoms with Gasteiger partial charge in [-0.3, -0.25) is 9.59 Å². The van der Waals surface area contributed by atoms with Gasteiger partial charge in [0.1, 0.15) is 67.6 Å². The SMILES string of the molecule is CC(=O)N[C@H]1[C@H]([C@H](O)[C@H](O)CO)O[C@@](OC[C@H]2O[C@@H](O)[C@H](O)[C@@H](O)[C@@H]2O)(C(=O)O)C[C@@H]1O[C@]1(C(=O)O)C[C@H](O)[C@@H](NC(=O)CO)[C@H]([C@H](O)[C@H](O)CO)O1. The molecule has 3 heterocycles. The van der Waals surface area contributed by atoms with Crippen molar-refractivity contribution in [1.29, 1.82) is 0 Å². The van der Waals surface area contributed by atoms with E-state index in [-0.39, 0.29) is 0 Å². The second-order valence-corrected chi connectivity index (χ2v) is 12.7. The Morgan fingerprint density at radius 1 is 0.755 bits per heavy atom. The maximum absolute atomic E-state index is 13.0. The first-order valence-electron chi connectivity index (χ1n) is 16.0. The second kappa shape index (κ2) is 18.2. The molecule has 3 aliphatic rings. The molecular weight excluding hydrogens is 732 g/mol. The fourth-order valence-electron chi connectivity index (χ4n) is 6.15. The van der Waals surface area contributed by atoms with Crippen molar-refractivity contribution in [1.82, 2.24) is 10.6 Å². The number of ether oxygens (including phenoxy) is 5. The molecule has 3 rings (SSSR count).